The Hall–Kier alpha value is -3.07. The van der Waals surface area contributed by atoms with Crippen molar-refractivity contribution in [1.82, 2.24) is 5.32 Å². The highest BCUT2D eigenvalue weighted by molar-refractivity contribution is 7.86. The maximum Gasteiger partial charge on any atom is 0.240 e. The van der Waals surface area contributed by atoms with Gasteiger partial charge in [-0.25, -0.2) is 4.39 Å². The summed E-state index contributed by atoms with van der Waals surface area (Å²) in [5.74, 6) is -2.55. The van der Waals surface area contributed by atoms with Gasteiger partial charge in [0.2, 0.25) is 17.7 Å². The molecule has 1 atom stereocenters. The molecule has 0 bridgehead atoms. The lowest BCUT2D eigenvalue weighted by Gasteiger charge is -2.23. The minimum absolute atomic E-state index is 0.125. The number of carbonyl (C=O) groups excluding carboxylic acids is 3. The van der Waals surface area contributed by atoms with Crippen LogP contribution < -0.4 is 15.5 Å². The molecular formula is C23H26FN3O4S. The number of rotatable bonds is 9. The van der Waals surface area contributed by atoms with Gasteiger partial charge in [0.05, 0.1) is 0 Å². The Kier molecular flexibility index (Phi) is 8.49. The molecular weight excluding hydrogens is 433 g/mol. The number of hydrogen-bond donors (Lipinski definition) is 2. The fraction of sp³-hybridized carbons (Fsp3) is 0.348. The summed E-state index contributed by atoms with van der Waals surface area (Å²) < 4.78 is 25.4. The first-order valence-electron chi connectivity index (χ1n) is 10.5. The first-order valence-corrected chi connectivity index (χ1v) is 11.9. The fourth-order valence-electron chi connectivity index (χ4n) is 3.56. The molecule has 1 aliphatic rings. The average molecular weight is 460 g/mol. The van der Waals surface area contributed by atoms with Gasteiger partial charge in [-0.3, -0.25) is 18.6 Å². The second-order valence-corrected chi connectivity index (χ2v) is 9.10. The van der Waals surface area contributed by atoms with Crippen LogP contribution in [0.1, 0.15) is 25.7 Å². The van der Waals surface area contributed by atoms with Gasteiger partial charge >= 0.3 is 0 Å². The van der Waals surface area contributed by atoms with Crippen molar-refractivity contribution in [2.45, 2.75) is 31.7 Å². The lowest BCUT2D eigenvalue weighted by molar-refractivity contribution is -0.123. The number of halogens is 1. The molecule has 0 heterocycles. The van der Waals surface area contributed by atoms with Crippen molar-refractivity contribution in [2.24, 2.45) is 0 Å². The number of carbonyl (C=O) groups is 3. The van der Waals surface area contributed by atoms with Gasteiger partial charge in [0.25, 0.3) is 0 Å². The van der Waals surface area contributed by atoms with Crippen LogP contribution in [0.15, 0.2) is 54.6 Å². The SMILES string of the molecule is O=C(CS(=O)CC(=O)N(CC(=O)NC1CCCC1)c1ccccc1)Nc1ccc(F)cc1. The van der Waals surface area contributed by atoms with E-state index in [-0.39, 0.29) is 24.2 Å². The molecule has 1 saturated carbocycles. The molecule has 7 nitrogen and oxygen atoms in total. The minimum atomic E-state index is -1.78. The predicted molar refractivity (Wildman–Crippen MR) is 122 cm³/mol. The molecule has 3 amide bonds. The molecule has 0 radical (unpaired) electrons. The maximum atomic E-state index is 13.0. The summed E-state index contributed by atoms with van der Waals surface area (Å²) in [5, 5.41) is 5.47. The zero-order valence-corrected chi connectivity index (χ0v) is 18.4. The monoisotopic (exact) mass is 459 g/mol. The summed E-state index contributed by atoms with van der Waals surface area (Å²) >= 11 is 0. The summed E-state index contributed by atoms with van der Waals surface area (Å²) in [6, 6.07) is 14.0. The van der Waals surface area contributed by atoms with E-state index in [0.29, 0.717) is 11.4 Å². The van der Waals surface area contributed by atoms with Crippen molar-refractivity contribution >= 4 is 39.9 Å². The third kappa shape index (κ3) is 7.26. The standard InChI is InChI=1S/C23H26FN3O4S/c24-17-10-12-19(13-11-17)26-22(29)15-32(31)16-23(30)27(20-8-2-1-3-9-20)14-21(28)25-18-6-4-5-7-18/h1-3,8-13,18H,4-7,14-16H2,(H,25,28)(H,26,29). The van der Waals surface area contributed by atoms with Gasteiger partial charge in [0, 0.05) is 28.2 Å². The molecule has 1 fully saturated rings. The van der Waals surface area contributed by atoms with Crippen molar-refractivity contribution in [3.63, 3.8) is 0 Å². The van der Waals surface area contributed by atoms with E-state index in [0.717, 1.165) is 25.7 Å². The summed E-state index contributed by atoms with van der Waals surface area (Å²) in [6.07, 6.45) is 4.01. The van der Waals surface area contributed by atoms with E-state index in [1.165, 1.54) is 29.2 Å². The van der Waals surface area contributed by atoms with E-state index >= 15 is 0 Å². The second-order valence-electron chi connectivity index (χ2n) is 7.65. The van der Waals surface area contributed by atoms with Crippen LogP contribution in [0.4, 0.5) is 15.8 Å². The Morgan fingerprint density at radius 1 is 0.938 bits per heavy atom. The minimum Gasteiger partial charge on any atom is -0.352 e. The molecule has 1 unspecified atom stereocenters. The molecule has 0 aliphatic heterocycles. The van der Waals surface area contributed by atoms with Gasteiger partial charge in [-0.15, -0.1) is 0 Å². The van der Waals surface area contributed by atoms with E-state index in [9.17, 15) is 23.0 Å². The Morgan fingerprint density at radius 2 is 1.59 bits per heavy atom. The summed E-state index contributed by atoms with van der Waals surface area (Å²) in [7, 11) is -1.78. The Bertz CT molecular complexity index is 963. The van der Waals surface area contributed by atoms with Gasteiger partial charge < -0.3 is 15.5 Å². The van der Waals surface area contributed by atoms with Gasteiger partial charge in [-0.2, -0.15) is 0 Å². The van der Waals surface area contributed by atoms with E-state index in [1.807, 2.05) is 0 Å². The Morgan fingerprint density at radius 3 is 2.25 bits per heavy atom. The first-order chi connectivity index (χ1) is 15.4. The number of hydrogen-bond acceptors (Lipinski definition) is 4. The molecule has 1 aliphatic carbocycles. The lowest BCUT2D eigenvalue weighted by Crippen LogP contribution is -2.45. The van der Waals surface area contributed by atoms with Crippen molar-refractivity contribution < 1.29 is 23.0 Å². The zero-order chi connectivity index (χ0) is 22.9. The van der Waals surface area contributed by atoms with Crippen LogP contribution in [-0.4, -0.2) is 46.0 Å². The maximum absolute atomic E-state index is 13.0. The van der Waals surface area contributed by atoms with E-state index in [4.69, 9.17) is 0 Å². The molecule has 32 heavy (non-hydrogen) atoms. The largest absolute Gasteiger partial charge is 0.352 e. The highest BCUT2D eigenvalue weighted by Gasteiger charge is 2.24. The molecule has 0 aromatic heterocycles. The highest BCUT2D eigenvalue weighted by Crippen LogP contribution is 2.18. The third-order valence-electron chi connectivity index (χ3n) is 5.10. The summed E-state index contributed by atoms with van der Waals surface area (Å²) in [5.41, 5.74) is 0.890. The first kappa shape index (κ1) is 23.6. The molecule has 0 spiro atoms. The molecule has 2 N–H and O–H groups in total. The number of amides is 3. The molecule has 2 aromatic carbocycles. The number of nitrogens with one attached hydrogen (secondary N) is 2. The molecule has 9 heteroatoms. The zero-order valence-electron chi connectivity index (χ0n) is 17.6. The van der Waals surface area contributed by atoms with Crippen LogP contribution in [0.5, 0.6) is 0 Å². The number of anilines is 2. The summed E-state index contributed by atoms with van der Waals surface area (Å²) in [6.45, 7) is -0.182. The smallest absolute Gasteiger partial charge is 0.240 e. The van der Waals surface area contributed by atoms with Crippen LogP contribution in [-0.2, 0) is 25.2 Å². The molecule has 2 aromatic rings. The van der Waals surface area contributed by atoms with Crippen molar-refractivity contribution in [2.75, 3.05) is 28.3 Å². The van der Waals surface area contributed by atoms with Crippen molar-refractivity contribution in [3.8, 4) is 0 Å². The second kappa shape index (κ2) is 11.5. The van der Waals surface area contributed by atoms with Crippen LogP contribution in [0.25, 0.3) is 0 Å². The van der Waals surface area contributed by atoms with E-state index < -0.39 is 34.2 Å². The molecule has 0 saturated heterocycles. The number of benzene rings is 2. The van der Waals surface area contributed by atoms with Gasteiger partial charge in [0.15, 0.2) is 0 Å². The van der Waals surface area contributed by atoms with Crippen molar-refractivity contribution in [1.29, 1.82) is 0 Å². The van der Waals surface area contributed by atoms with Gasteiger partial charge in [-0.05, 0) is 49.2 Å². The lowest BCUT2D eigenvalue weighted by atomic mass is 10.2. The van der Waals surface area contributed by atoms with E-state index in [1.54, 1.807) is 30.3 Å². The Balaban J connectivity index is 1.58. The predicted octanol–water partition coefficient (Wildman–Crippen LogP) is 2.60. The van der Waals surface area contributed by atoms with Gasteiger partial charge in [0.1, 0.15) is 23.9 Å². The molecule has 3 rings (SSSR count). The van der Waals surface area contributed by atoms with Crippen LogP contribution in [0.2, 0.25) is 0 Å². The van der Waals surface area contributed by atoms with Crippen LogP contribution >= 0.6 is 0 Å². The third-order valence-corrected chi connectivity index (χ3v) is 6.25. The Labute approximate surface area is 188 Å². The van der Waals surface area contributed by atoms with Crippen LogP contribution in [0, 0.1) is 5.82 Å². The summed E-state index contributed by atoms with van der Waals surface area (Å²) in [4.78, 5) is 38.8. The average Bonchev–Trinajstić information content (AvgIpc) is 3.27. The van der Waals surface area contributed by atoms with Crippen LogP contribution in [0.3, 0.4) is 0 Å². The van der Waals surface area contributed by atoms with Gasteiger partial charge in [-0.1, -0.05) is 31.0 Å². The van der Waals surface area contributed by atoms with Crippen molar-refractivity contribution in [3.05, 3.63) is 60.4 Å². The molecule has 170 valence electrons. The fourth-order valence-corrected chi connectivity index (χ4v) is 4.46. The number of para-hydroxylation sites is 1. The highest BCUT2D eigenvalue weighted by atomic mass is 32.2. The quantitative estimate of drug-likeness (QED) is 0.603. The number of nitrogens with zero attached hydrogens (tertiary/aromatic N) is 1. The topological polar surface area (TPSA) is 95.6 Å². The van der Waals surface area contributed by atoms with E-state index in [2.05, 4.69) is 10.6 Å². The normalized spacial score (nSPS) is 14.5.